The summed E-state index contributed by atoms with van der Waals surface area (Å²) in [7, 11) is 0. The topological polar surface area (TPSA) is 119 Å². The van der Waals surface area contributed by atoms with Crippen LogP contribution in [0, 0.1) is 10.1 Å². The van der Waals surface area contributed by atoms with Crippen LogP contribution in [-0.4, -0.2) is 34.6 Å². The zero-order valence-corrected chi connectivity index (χ0v) is 10.0. The van der Waals surface area contributed by atoms with Crippen LogP contribution in [0.15, 0.2) is 24.3 Å². The third kappa shape index (κ3) is 4.62. The van der Waals surface area contributed by atoms with Crippen LogP contribution in [0.4, 0.5) is 5.69 Å². The molecule has 8 heteroatoms. The molecular formula is C11H12N2O6. The van der Waals surface area contributed by atoms with Crippen LogP contribution >= 0.6 is 0 Å². The molecule has 1 aromatic rings. The molecule has 1 rings (SSSR count). The maximum absolute atomic E-state index is 11.3. The van der Waals surface area contributed by atoms with Gasteiger partial charge in [-0.25, -0.2) is 0 Å². The second kappa shape index (κ2) is 6.34. The molecule has 1 atom stereocenters. The molecule has 0 fully saturated rings. The predicted molar refractivity (Wildman–Crippen MR) is 63.8 cm³/mol. The van der Waals surface area contributed by atoms with E-state index in [4.69, 9.17) is 9.84 Å². The number of nitrogens with one attached hydrogen (secondary N) is 1. The highest BCUT2D eigenvalue weighted by atomic mass is 16.6. The van der Waals surface area contributed by atoms with Crippen LogP contribution in [0.2, 0.25) is 0 Å². The van der Waals surface area contributed by atoms with Crippen molar-refractivity contribution in [3.63, 3.8) is 0 Å². The maximum atomic E-state index is 11.3. The highest BCUT2D eigenvalue weighted by Crippen LogP contribution is 2.16. The number of carboxylic acid groups (broad SMARTS) is 1. The summed E-state index contributed by atoms with van der Waals surface area (Å²) in [5.41, 5.74) is -0.0868. The lowest BCUT2D eigenvalue weighted by molar-refractivity contribution is -0.384. The zero-order chi connectivity index (χ0) is 14.4. The summed E-state index contributed by atoms with van der Waals surface area (Å²) in [6, 6.07) is 4.19. The molecule has 19 heavy (non-hydrogen) atoms. The quantitative estimate of drug-likeness (QED) is 0.574. The number of amides is 1. The van der Waals surface area contributed by atoms with E-state index in [2.05, 4.69) is 5.32 Å². The van der Waals surface area contributed by atoms with Crippen molar-refractivity contribution in [2.75, 3.05) is 6.61 Å². The minimum absolute atomic E-state index is 0.0868. The summed E-state index contributed by atoms with van der Waals surface area (Å²) < 4.78 is 5.06. The molecule has 102 valence electrons. The SMILES string of the molecule is C[C@@H](NC(=O)COc1ccc([N+](=O)[O-])cc1)C(=O)O. The van der Waals surface area contributed by atoms with E-state index < -0.39 is 22.8 Å². The van der Waals surface area contributed by atoms with E-state index in [1.807, 2.05) is 0 Å². The molecule has 0 bridgehead atoms. The number of aliphatic carboxylic acids is 1. The lowest BCUT2D eigenvalue weighted by atomic mass is 10.3. The molecule has 0 saturated heterocycles. The number of non-ortho nitro benzene ring substituents is 1. The Kier molecular flexibility index (Phi) is 4.81. The fraction of sp³-hybridized carbons (Fsp3) is 0.273. The number of nitro benzene ring substituents is 1. The van der Waals surface area contributed by atoms with E-state index in [9.17, 15) is 19.7 Å². The Bertz CT molecular complexity index is 484. The van der Waals surface area contributed by atoms with E-state index in [-0.39, 0.29) is 18.0 Å². The summed E-state index contributed by atoms with van der Waals surface area (Å²) in [6.07, 6.45) is 0. The number of ether oxygens (including phenoxy) is 1. The first-order valence-corrected chi connectivity index (χ1v) is 5.29. The number of nitrogens with zero attached hydrogens (tertiary/aromatic N) is 1. The molecule has 0 aliphatic heterocycles. The van der Waals surface area contributed by atoms with E-state index in [1.165, 1.54) is 31.2 Å². The lowest BCUT2D eigenvalue weighted by Crippen LogP contribution is -2.40. The monoisotopic (exact) mass is 268 g/mol. The average Bonchev–Trinajstić information content (AvgIpc) is 2.36. The van der Waals surface area contributed by atoms with Gasteiger partial charge in [-0.05, 0) is 19.1 Å². The molecule has 0 aliphatic carbocycles. The smallest absolute Gasteiger partial charge is 0.325 e. The summed E-state index contributed by atoms with van der Waals surface area (Å²) >= 11 is 0. The Morgan fingerprint density at radius 2 is 2.00 bits per heavy atom. The molecule has 8 nitrogen and oxygen atoms in total. The summed E-state index contributed by atoms with van der Waals surface area (Å²) in [4.78, 5) is 31.6. The third-order valence-electron chi connectivity index (χ3n) is 2.17. The van der Waals surface area contributed by atoms with Crippen molar-refractivity contribution in [3.05, 3.63) is 34.4 Å². The molecule has 1 aromatic carbocycles. The van der Waals surface area contributed by atoms with Crippen molar-refractivity contribution in [3.8, 4) is 5.75 Å². The highest BCUT2D eigenvalue weighted by molar-refractivity contribution is 5.84. The van der Waals surface area contributed by atoms with Crippen LogP contribution < -0.4 is 10.1 Å². The first-order valence-electron chi connectivity index (χ1n) is 5.29. The molecular weight excluding hydrogens is 256 g/mol. The molecule has 0 saturated carbocycles. The van der Waals surface area contributed by atoms with Crippen LogP contribution in [0.5, 0.6) is 5.75 Å². The average molecular weight is 268 g/mol. The van der Waals surface area contributed by atoms with Crippen LogP contribution in [-0.2, 0) is 9.59 Å². The van der Waals surface area contributed by atoms with Crippen molar-refractivity contribution >= 4 is 17.6 Å². The summed E-state index contributed by atoms with van der Waals surface area (Å²) in [6.45, 7) is 0.960. The number of carbonyl (C=O) groups is 2. The summed E-state index contributed by atoms with van der Waals surface area (Å²) in [5.74, 6) is -1.46. The van der Waals surface area contributed by atoms with Gasteiger partial charge in [-0.15, -0.1) is 0 Å². The van der Waals surface area contributed by atoms with Crippen molar-refractivity contribution in [2.45, 2.75) is 13.0 Å². The standard InChI is InChI=1S/C11H12N2O6/c1-7(11(15)16)12-10(14)6-19-9-4-2-8(3-5-9)13(17)18/h2-5,7H,6H2,1H3,(H,12,14)(H,15,16)/t7-/m1/s1. The Morgan fingerprint density at radius 3 is 2.47 bits per heavy atom. The molecule has 0 unspecified atom stereocenters. The highest BCUT2D eigenvalue weighted by Gasteiger charge is 2.14. The molecule has 0 heterocycles. The number of carboxylic acids is 1. The van der Waals surface area contributed by atoms with E-state index >= 15 is 0 Å². The van der Waals surface area contributed by atoms with Gasteiger partial charge in [-0.1, -0.05) is 0 Å². The van der Waals surface area contributed by atoms with Crippen molar-refractivity contribution in [2.24, 2.45) is 0 Å². The molecule has 0 spiro atoms. The van der Waals surface area contributed by atoms with Crippen molar-refractivity contribution in [1.29, 1.82) is 0 Å². The first kappa shape index (κ1) is 14.4. The van der Waals surface area contributed by atoms with Gasteiger partial charge in [0, 0.05) is 12.1 Å². The van der Waals surface area contributed by atoms with Gasteiger partial charge in [0.05, 0.1) is 4.92 Å². The second-order valence-corrected chi connectivity index (χ2v) is 3.67. The van der Waals surface area contributed by atoms with Gasteiger partial charge in [0.25, 0.3) is 11.6 Å². The number of rotatable bonds is 6. The van der Waals surface area contributed by atoms with Gasteiger partial charge in [0.2, 0.25) is 0 Å². The van der Waals surface area contributed by atoms with Gasteiger partial charge in [-0.3, -0.25) is 19.7 Å². The molecule has 2 N–H and O–H groups in total. The Balaban J connectivity index is 2.46. The number of hydrogen-bond acceptors (Lipinski definition) is 5. The fourth-order valence-electron chi connectivity index (χ4n) is 1.16. The Morgan fingerprint density at radius 1 is 1.42 bits per heavy atom. The van der Waals surface area contributed by atoms with Crippen molar-refractivity contribution in [1.82, 2.24) is 5.32 Å². The maximum Gasteiger partial charge on any atom is 0.325 e. The van der Waals surface area contributed by atoms with E-state index in [0.717, 1.165) is 0 Å². The fourth-order valence-corrected chi connectivity index (χ4v) is 1.16. The van der Waals surface area contributed by atoms with Crippen molar-refractivity contribution < 1.29 is 24.4 Å². The Labute approximate surface area is 108 Å². The molecule has 0 aliphatic rings. The largest absolute Gasteiger partial charge is 0.484 e. The van der Waals surface area contributed by atoms with Gasteiger partial charge in [-0.2, -0.15) is 0 Å². The van der Waals surface area contributed by atoms with Crippen LogP contribution in [0.1, 0.15) is 6.92 Å². The van der Waals surface area contributed by atoms with Gasteiger partial charge in [0.1, 0.15) is 11.8 Å². The van der Waals surface area contributed by atoms with Crippen LogP contribution in [0.3, 0.4) is 0 Å². The zero-order valence-electron chi connectivity index (χ0n) is 10.0. The van der Waals surface area contributed by atoms with E-state index in [0.29, 0.717) is 0 Å². The van der Waals surface area contributed by atoms with Gasteiger partial charge < -0.3 is 15.2 Å². The number of hydrogen-bond donors (Lipinski definition) is 2. The van der Waals surface area contributed by atoms with Gasteiger partial charge >= 0.3 is 5.97 Å². The third-order valence-corrected chi connectivity index (χ3v) is 2.17. The second-order valence-electron chi connectivity index (χ2n) is 3.67. The summed E-state index contributed by atoms with van der Waals surface area (Å²) in [5, 5.41) is 21.2. The predicted octanol–water partition coefficient (Wildman–Crippen LogP) is 0.563. The lowest BCUT2D eigenvalue weighted by Gasteiger charge is -2.10. The molecule has 0 aromatic heterocycles. The number of nitro groups is 1. The van der Waals surface area contributed by atoms with E-state index in [1.54, 1.807) is 0 Å². The molecule has 0 radical (unpaired) electrons. The Hall–Kier alpha value is -2.64. The first-order chi connectivity index (χ1) is 8.90. The normalized spacial score (nSPS) is 11.4. The van der Waals surface area contributed by atoms with Gasteiger partial charge in [0.15, 0.2) is 6.61 Å². The number of carbonyl (C=O) groups excluding carboxylic acids is 1. The minimum atomic E-state index is -1.15. The minimum Gasteiger partial charge on any atom is -0.484 e. The molecule has 1 amide bonds. The van der Waals surface area contributed by atoms with Crippen LogP contribution in [0.25, 0.3) is 0 Å². The number of benzene rings is 1.